The first kappa shape index (κ1) is 15.5. The fourth-order valence-corrected chi connectivity index (χ4v) is 2.16. The van der Waals surface area contributed by atoms with Gasteiger partial charge in [-0.3, -0.25) is 11.3 Å². The fourth-order valence-electron chi connectivity index (χ4n) is 2.16. The molecule has 7 heteroatoms. The predicted octanol–water partition coefficient (Wildman–Crippen LogP) is 2.06. The van der Waals surface area contributed by atoms with E-state index in [0.717, 1.165) is 18.0 Å². The van der Waals surface area contributed by atoms with E-state index >= 15 is 0 Å². The van der Waals surface area contributed by atoms with Crippen LogP contribution in [0, 0.1) is 0 Å². The zero-order valence-electron chi connectivity index (χ0n) is 11.6. The van der Waals surface area contributed by atoms with E-state index in [1.165, 1.54) is 6.07 Å². The molecule has 0 aliphatic heterocycles. The number of hydrazine groups is 1. The van der Waals surface area contributed by atoms with Gasteiger partial charge in [0.2, 0.25) is 0 Å². The molecule has 0 amide bonds. The summed E-state index contributed by atoms with van der Waals surface area (Å²) in [4.78, 5) is 4.19. The van der Waals surface area contributed by atoms with Crippen molar-refractivity contribution in [3.8, 4) is 0 Å². The summed E-state index contributed by atoms with van der Waals surface area (Å²) >= 11 is 0. The van der Waals surface area contributed by atoms with Crippen LogP contribution in [0.25, 0.3) is 0 Å². The van der Waals surface area contributed by atoms with Crippen molar-refractivity contribution in [2.24, 2.45) is 12.9 Å². The average Bonchev–Trinajstić information content (AvgIpc) is 2.83. The molecule has 3 N–H and O–H groups in total. The molecule has 0 fully saturated rings. The zero-order valence-corrected chi connectivity index (χ0v) is 11.6. The topological polar surface area (TPSA) is 55.9 Å². The lowest BCUT2D eigenvalue weighted by Crippen LogP contribution is -2.39. The smallest absolute Gasteiger partial charge is 0.338 e. The highest BCUT2D eigenvalue weighted by Gasteiger charge is 2.30. The number of hydrogen-bond acceptors (Lipinski definition) is 3. The minimum atomic E-state index is -4.33. The van der Waals surface area contributed by atoms with Crippen LogP contribution in [0.4, 0.5) is 13.2 Å². The van der Waals surface area contributed by atoms with Gasteiger partial charge in [-0.25, -0.2) is 4.98 Å². The van der Waals surface area contributed by atoms with Crippen LogP contribution in [0.15, 0.2) is 36.7 Å². The third-order valence-corrected chi connectivity index (χ3v) is 3.32. The highest BCUT2D eigenvalue weighted by Crippen LogP contribution is 2.29. The van der Waals surface area contributed by atoms with Crippen LogP contribution in [0.5, 0.6) is 0 Å². The third-order valence-electron chi connectivity index (χ3n) is 3.32. The van der Waals surface area contributed by atoms with Crippen LogP contribution in [0.3, 0.4) is 0 Å². The molecule has 0 aliphatic carbocycles. The Kier molecular flexibility index (Phi) is 4.64. The molecule has 2 aromatic rings. The molecule has 114 valence electrons. The van der Waals surface area contributed by atoms with Gasteiger partial charge in [-0.1, -0.05) is 18.2 Å². The molecule has 0 aliphatic rings. The van der Waals surface area contributed by atoms with Crippen molar-refractivity contribution >= 4 is 0 Å². The van der Waals surface area contributed by atoms with E-state index in [2.05, 4.69) is 10.4 Å². The second kappa shape index (κ2) is 6.28. The number of hydrogen-bond donors (Lipinski definition) is 2. The van der Waals surface area contributed by atoms with Crippen molar-refractivity contribution in [3.05, 3.63) is 53.6 Å². The summed E-state index contributed by atoms with van der Waals surface area (Å²) in [5, 5.41) is 0. The highest BCUT2D eigenvalue weighted by molar-refractivity contribution is 5.26. The largest absolute Gasteiger partial charge is 0.416 e. The van der Waals surface area contributed by atoms with Gasteiger partial charge in [0, 0.05) is 31.9 Å². The number of aryl methyl sites for hydroxylation is 1. The third kappa shape index (κ3) is 4.05. The molecule has 0 radical (unpaired) electrons. The van der Waals surface area contributed by atoms with Crippen molar-refractivity contribution < 1.29 is 13.2 Å². The molecule has 0 spiro atoms. The molecule has 1 atom stereocenters. The van der Waals surface area contributed by atoms with Gasteiger partial charge in [0.15, 0.2) is 0 Å². The molecule has 1 aromatic heterocycles. The summed E-state index contributed by atoms with van der Waals surface area (Å²) in [6.07, 6.45) is 0.0885. The van der Waals surface area contributed by atoms with Crippen LogP contribution >= 0.6 is 0 Å². The average molecular weight is 298 g/mol. The molecule has 0 saturated heterocycles. The first-order chi connectivity index (χ1) is 9.90. The molecular formula is C14H17F3N4. The van der Waals surface area contributed by atoms with Gasteiger partial charge in [0.25, 0.3) is 0 Å². The van der Waals surface area contributed by atoms with E-state index < -0.39 is 11.7 Å². The first-order valence-corrected chi connectivity index (χ1v) is 6.48. The minimum Gasteiger partial charge on any atom is -0.338 e. The maximum atomic E-state index is 12.7. The standard InChI is InChI=1S/C14H17F3N4/c1-21-6-5-19-13(21)9-12(20-18)8-10-3-2-4-11(7-10)14(15,16)17/h2-7,12,20H,8-9,18H2,1H3. The van der Waals surface area contributed by atoms with E-state index in [4.69, 9.17) is 5.84 Å². The number of nitrogens with zero attached hydrogens (tertiary/aromatic N) is 2. The number of nitrogens with one attached hydrogen (secondary N) is 1. The van der Waals surface area contributed by atoms with Gasteiger partial charge >= 0.3 is 6.18 Å². The molecule has 1 heterocycles. The van der Waals surface area contributed by atoms with E-state index in [1.54, 1.807) is 12.3 Å². The second-order valence-corrected chi connectivity index (χ2v) is 4.92. The van der Waals surface area contributed by atoms with Gasteiger partial charge in [-0.2, -0.15) is 13.2 Å². The quantitative estimate of drug-likeness (QED) is 0.656. The lowest BCUT2D eigenvalue weighted by molar-refractivity contribution is -0.137. The van der Waals surface area contributed by atoms with Gasteiger partial charge < -0.3 is 4.57 Å². The number of imidazole rings is 1. The molecule has 1 unspecified atom stereocenters. The molecule has 1 aromatic carbocycles. The summed E-state index contributed by atoms with van der Waals surface area (Å²) in [6.45, 7) is 0. The summed E-state index contributed by atoms with van der Waals surface area (Å²) in [5.74, 6) is 6.33. The number of alkyl halides is 3. The Balaban J connectivity index is 2.10. The van der Waals surface area contributed by atoms with Crippen LogP contribution in [0.2, 0.25) is 0 Å². The Morgan fingerprint density at radius 1 is 1.33 bits per heavy atom. The maximum absolute atomic E-state index is 12.7. The van der Waals surface area contributed by atoms with Crippen molar-refractivity contribution in [3.63, 3.8) is 0 Å². The number of nitrogens with two attached hydrogens (primary N) is 1. The summed E-state index contributed by atoms with van der Waals surface area (Å²) in [5.41, 5.74) is 2.58. The van der Waals surface area contributed by atoms with E-state index in [0.29, 0.717) is 18.4 Å². The van der Waals surface area contributed by atoms with E-state index in [1.807, 2.05) is 17.8 Å². The Labute approximate surface area is 120 Å². The van der Waals surface area contributed by atoms with Crippen molar-refractivity contribution in [1.29, 1.82) is 0 Å². The van der Waals surface area contributed by atoms with Crippen molar-refractivity contribution in [2.45, 2.75) is 25.1 Å². The Morgan fingerprint density at radius 2 is 2.10 bits per heavy atom. The van der Waals surface area contributed by atoms with Gasteiger partial charge in [0.05, 0.1) is 5.56 Å². The SMILES string of the molecule is Cn1ccnc1CC(Cc1cccc(C(F)(F)F)c1)NN. The van der Waals surface area contributed by atoms with Crippen LogP contribution < -0.4 is 11.3 Å². The molecule has 21 heavy (non-hydrogen) atoms. The zero-order chi connectivity index (χ0) is 15.5. The lowest BCUT2D eigenvalue weighted by atomic mass is 10.0. The number of halogens is 3. The molecular weight excluding hydrogens is 281 g/mol. The summed E-state index contributed by atoms with van der Waals surface area (Å²) in [7, 11) is 1.86. The summed E-state index contributed by atoms with van der Waals surface area (Å²) < 4.78 is 39.9. The second-order valence-electron chi connectivity index (χ2n) is 4.92. The fraction of sp³-hybridized carbons (Fsp3) is 0.357. The first-order valence-electron chi connectivity index (χ1n) is 6.48. The van der Waals surface area contributed by atoms with Gasteiger partial charge in [-0.15, -0.1) is 0 Å². The Morgan fingerprint density at radius 3 is 2.67 bits per heavy atom. The van der Waals surface area contributed by atoms with Crippen LogP contribution in [-0.4, -0.2) is 15.6 Å². The van der Waals surface area contributed by atoms with E-state index in [-0.39, 0.29) is 6.04 Å². The monoisotopic (exact) mass is 298 g/mol. The van der Waals surface area contributed by atoms with Crippen LogP contribution in [0.1, 0.15) is 17.0 Å². The summed E-state index contributed by atoms with van der Waals surface area (Å²) in [6, 6.07) is 5.11. The normalized spacial score (nSPS) is 13.4. The lowest BCUT2D eigenvalue weighted by Gasteiger charge is -2.16. The minimum absolute atomic E-state index is 0.186. The predicted molar refractivity (Wildman–Crippen MR) is 73.2 cm³/mol. The van der Waals surface area contributed by atoms with Crippen molar-refractivity contribution in [2.75, 3.05) is 0 Å². The van der Waals surface area contributed by atoms with E-state index in [9.17, 15) is 13.2 Å². The maximum Gasteiger partial charge on any atom is 0.416 e. The van der Waals surface area contributed by atoms with Gasteiger partial charge in [0.1, 0.15) is 5.82 Å². The highest BCUT2D eigenvalue weighted by atomic mass is 19.4. The molecule has 0 bridgehead atoms. The molecule has 0 saturated carbocycles. The van der Waals surface area contributed by atoms with Crippen molar-refractivity contribution in [1.82, 2.24) is 15.0 Å². The Bertz CT molecular complexity index is 592. The van der Waals surface area contributed by atoms with Crippen LogP contribution in [-0.2, 0) is 26.1 Å². The number of benzene rings is 1. The van der Waals surface area contributed by atoms with Gasteiger partial charge in [-0.05, 0) is 18.1 Å². The molecule has 2 rings (SSSR count). The Hall–Kier alpha value is -1.86. The number of rotatable bonds is 5. The molecule has 4 nitrogen and oxygen atoms in total. The number of aromatic nitrogens is 2.